The number of morpholine rings is 1. The number of carboxylic acids is 1. The van der Waals surface area contributed by atoms with Gasteiger partial charge in [-0.3, -0.25) is 14.4 Å². The topological polar surface area (TPSA) is 96.4 Å². The molecule has 1 aliphatic heterocycles. The zero-order chi connectivity index (χ0) is 27.9. The fraction of sp³-hybridized carbons (Fsp3) is 0.300. The lowest BCUT2D eigenvalue weighted by atomic mass is 9.95. The van der Waals surface area contributed by atoms with E-state index in [0.29, 0.717) is 21.9 Å². The molecule has 0 unspecified atom stereocenters. The quantitative estimate of drug-likeness (QED) is 0.393. The number of hydrogen-bond acceptors (Lipinski definition) is 5. The summed E-state index contributed by atoms with van der Waals surface area (Å²) in [7, 11) is 0. The van der Waals surface area contributed by atoms with Crippen LogP contribution in [0.25, 0.3) is 0 Å². The first-order valence-electron chi connectivity index (χ1n) is 12.7. The summed E-state index contributed by atoms with van der Waals surface area (Å²) in [6, 6.07) is 22.7. The van der Waals surface area contributed by atoms with Crippen molar-refractivity contribution < 1.29 is 29.0 Å². The molecule has 8 nitrogen and oxygen atoms in total. The van der Waals surface area contributed by atoms with Gasteiger partial charge in [0.2, 0.25) is 5.91 Å². The van der Waals surface area contributed by atoms with E-state index in [1.165, 1.54) is 4.90 Å². The van der Waals surface area contributed by atoms with Crippen molar-refractivity contribution in [2.24, 2.45) is 0 Å². The highest BCUT2D eigenvalue weighted by molar-refractivity contribution is 6.30. The molecule has 0 radical (unpaired) electrons. The molecule has 3 aromatic carbocycles. The van der Waals surface area contributed by atoms with Crippen molar-refractivity contribution in [3.63, 3.8) is 0 Å². The Balaban J connectivity index is 1.67. The van der Waals surface area contributed by atoms with Crippen molar-refractivity contribution in [3.8, 4) is 5.75 Å². The number of carbonyl (C=O) groups excluding carboxylic acids is 2. The molecular formula is C30H31ClN2O6. The molecule has 1 N–H and O–H groups in total. The minimum absolute atomic E-state index is 0.0318. The molecule has 1 aliphatic rings. The lowest BCUT2D eigenvalue weighted by molar-refractivity contribution is -0.172. The summed E-state index contributed by atoms with van der Waals surface area (Å²) in [4.78, 5) is 41.8. The maximum Gasteiger partial charge on any atom is 0.323 e. The van der Waals surface area contributed by atoms with E-state index in [0.717, 1.165) is 5.56 Å². The van der Waals surface area contributed by atoms with Gasteiger partial charge in [0, 0.05) is 18.1 Å². The zero-order valence-corrected chi connectivity index (χ0v) is 22.6. The zero-order valence-electron chi connectivity index (χ0n) is 21.8. The van der Waals surface area contributed by atoms with Crippen LogP contribution in [0.5, 0.6) is 5.75 Å². The van der Waals surface area contributed by atoms with Gasteiger partial charge in [0.15, 0.2) is 6.10 Å². The van der Waals surface area contributed by atoms with Gasteiger partial charge in [0.1, 0.15) is 18.9 Å². The summed E-state index contributed by atoms with van der Waals surface area (Å²) in [5.74, 6) is -1.34. The number of carboxylic acid groups (broad SMARTS) is 1. The number of carbonyl (C=O) groups is 3. The number of benzene rings is 3. The summed E-state index contributed by atoms with van der Waals surface area (Å²) in [5, 5.41) is 10.2. The van der Waals surface area contributed by atoms with Crippen molar-refractivity contribution in [3.05, 3.63) is 101 Å². The first kappa shape index (κ1) is 28.1. The smallest absolute Gasteiger partial charge is 0.323 e. The Morgan fingerprint density at radius 3 is 2.46 bits per heavy atom. The molecule has 2 atom stereocenters. The molecule has 204 valence electrons. The van der Waals surface area contributed by atoms with Crippen LogP contribution in [0, 0.1) is 0 Å². The van der Waals surface area contributed by atoms with Gasteiger partial charge in [-0.15, -0.1) is 0 Å². The maximum atomic E-state index is 14.0. The molecule has 2 amide bonds. The second-order valence-corrected chi connectivity index (χ2v) is 10.1. The van der Waals surface area contributed by atoms with Crippen molar-refractivity contribution in [2.45, 2.75) is 45.2 Å². The summed E-state index contributed by atoms with van der Waals surface area (Å²) in [6.07, 6.45) is -1.15. The largest absolute Gasteiger partial charge is 0.491 e. The number of amides is 2. The van der Waals surface area contributed by atoms with Crippen LogP contribution in [-0.4, -0.2) is 58.0 Å². The second kappa shape index (κ2) is 12.8. The Bertz CT molecular complexity index is 1320. The lowest BCUT2D eigenvalue weighted by Gasteiger charge is -2.42. The first-order chi connectivity index (χ1) is 18.7. The van der Waals surface area contributed by atoms with Gasteiger partial charge < -0.3 is 24.4 Å². The van der Waals surface area contributed by atoms with E-state index >= 15 is 0 Å². The molecule has 1 fully saturated rings. The third-order valence-corrected chi connectivity index (χ3v) is 6.47. The average Bonchev–Trinajstić information content (AvgIpc) is 2.89. The van der Waals surface area contributed by atoms with E-state index in [9.17, 15) is 19.5 Å². The first-order valence-corrected chi connectivity index (χ1v) is 13.1. The summed E-state index contributed by atoms with van der Waals surface area (Å²) >= 11 is 6.18. The van der Waals surface area contributed by atoms with Gasteiger partial charge in [-0.1, -0.05) is 66.2 Å². The van der Waals surface area contributed by atoms with Crippen molar-refractivity contribution in [2.75, 3.05) is 13.2 Å². The van der Waals surface area contributed by atoms with Crippen LogP contribution in [0.4, 0.5) is 0 Å². The highest BCUT2D eigenvalue weighted by Gasteiger charge is 2.43. The van der Waals surface area contributed by atoms with Crippen LogP contribution in [-0.2, 0) is 32.2 Å². The summed E-state index contributed by atoms with van der Waals surface area (Å²) in [6.45, 7) is 3.22. The Labute approximate surface area is 232 Å². The van der Waals surface area contributed by atoms with Gasteiger partial charge in [-0.2, -0.15) is 0 Å². The van der Waals surface area contributed by atoms with E-state index in [-0.39, 0.29) is 31.7 Å². The van der Waals surface area contributed by atoms with Crippen LogP contribution in [0.1, 0.15) is 36.6 Å². The fourth-order valence-corrected chi connectivity index (χ4v) is 4.86. The molecule has 39 heavy (non-hydrogen) atoms. The van der Waals surface area contributed by atoms with Crippen molar-refractivity contribution in [1.29, 1.82) is 0 Å². The predicted molar refractivity (Wildman–Crippen MR) is 146 cm³/mol. The Morgan fingerprint density at radius 1 is 1.05 bits per heavy atom. The normalized spacial score (nSPS) is 17.2. The molecule has 0 saturated carbocycles. The average molecular weight is 551 g/mol. The van der Waals surface area contributed by atoms with Crippen LogP contribution in [0.2, 0.25) is 5.02 Å². The van der Waals surface area contributed by atoms with Crippen LogP contribution in [0.15, 0.2) is 78.9 Å². The van der Waals surface area contributed by atoms with Gasteiger partial charge in [-0.25, -0.2) is 0 Å². The summed E-state index contributed by atoms with van der Waals surface area (Å²) in [5.41, 5.74) is 2.21. The predicted octanol–water partition coefficient (Wildman–Crippen LogP) is 4.71. The van der Waals surface area contributed by atoms with Gasteiger partial charge in [-0.05, 0) is 54.8 Å². The third-order valence-electron chi connectivity index (χ3n) is 6.24. The molecular weight excluding hydrogens is 520 g/mol. The number of nitrogens with zero attached hydrogens (tertiary/aromatic N) is 2. The molecule has 1 heterocycles. The van der Waals surface area contributed by atoms with E-state index in [1.807, 2.05) is 56.3 Å². The number of rotatable bonds is 10. The monoisotopic (exact) mass is 550 g/mol. The van der Waals surface area contributed by atoms with Crippen LogP contribution < -0.4 is 4.74 Å². The fourth-order valence-electron chi connectivity index (χ4n) is 4.65. The Kier molecular flexibility index (Phi) is 9.22. The second-order valence-electron chi connectivity index (χ2n) is 9.64. The van der Waals surface area contributed by atoms with Crippen molar-refractivity contribution >= 4 is 29.4 Å². The number of halogens is 1. The minimum Gasteiger partial charge on any atom is -0.491 e. The standard InChI is InChI=1S/C30H31ClN2O6/c1-20(2)39-25-13-7-9-22(15-25)16-32(18-27(35)36)30(37)29-28(23-10-4-3-5-11-23)33(26(34)19-38-29)17-21-8-6-12-24(31)14-21/h3-15,20,28-29H,16-19H2,1-2H3,(H,35,36)/t28-,29+/m1/s1. The molecule has 0 aromatic heterocycles. The minimum atomic E-state index is -1.16. The summed E-state index contributed by atoms with van der Waals surface area (Å²) < 4.78 is 11.6. The highest BCUT2D eigenvalue weighted by atomic mass is 35.5. The number of hydrogen-bond donors (Lipinski definition) is 1. The maximum absolute atomic E-state index is 14.0. The Morgan fingerprint density at radius 2 is 1.77 bits per heavy atom. The van der Waals surface area contributed by atoms with E-state index in [2.05, 4.69) is 0 Å². The van der Waals surface area contributed by atoms with E-state index in [1.54, 1.807) is 41.3 Å². The number of aliphatic carboxylic acids is 1. The highest BCUT2D eigenvalue weighted by Crippen LogP contribution is 2.33. The van der Waals surface area contributed by atoms with E-state index < -0.39 is 30.6 Å². The van der Waals surface area contributed by atoms with Crippen LogP contribution in [0.3, 0.4) is 0 Å². The molecule has 3 aromatic rings. The Hall–Kier alpha value is -3.88. The molecule has 1 saturated heterocycles. The molecule has 9 heteroatoms. The van der Waals surface area contributed by atoms with Gasteiger partial charge >= 0.3 is 5.97 Å². The molecule has 0 bridgehead atoms. The van der Waals surface area contributed by atoms with Gasteiger partial charge in [0.05, 0.1) is 12.1 Å². The molecule has 4 rings (SSSR count). The lowest BCUT2D eigenvalue weighted by Crippen LogP contribution is -2.55. The third kappa shape index (κ3) is 7.37. The van der Waals surface area contributed by atoms with E-state index in [4.69, 9.17) is 21.1 Å². The van der Waals surface area contributed by atoms with Gasteiger partial charge in [0.25, 0.3) is 5.91 Å². The van der Waals surface area contributed by atoms with Crippen molar-refractivity contribution in [1.82, 2.24) is 9.80 Å². The van der Waals surface area contributed by atoms with Crippen LogP contribution >= 0.6 is 11.6 Å². The number of ether oxygens (including phenoxy) is 2. The molecule has 0 aliphatic carbocycles. The SMILES string of the molecule is CC(C)Oc1cccc(CN(CC(=O)O)C(=O)[C@H]2OCC(=O)N(Cc3cccc(Cl)c3)[C@@H]2c2ccccc2)c1. The molecule has 0 spiro atoms.